The van der Waals surface area contributed by atoms with Crippen molar-refractivity contribution in [3.05, 3.63) is 48.3 Å². The van der Waals surface area contributed by atoms with Gasteiger partial charge in [0, 0.05) is 25.1 Å². The topological polar surface area (TPSA) is 78.4 Å². The van der Waals surface area contributed by atoms with Gasteiger partial charge in [0.15, 0.2) is 0 Å². The molecule has 0 saturated heterocycles. The second-order valence-electron chi connectivity index (χ2n) is 4.31. The summed E-state index contributed by atoms with van der Waals surface area (Å²) in [6, 6.07) is 8.80. The lowest BCUT2D eigenvalue weighted by molar-refractivity contribution is -0.114. The van der Waals surface area contributed by atoms with Gasteiger partial charge < -0.3 is 15.3 Å². The third kappa shape index (κ3) is 3.76. The Morgan fingerprint density at radius 1 is 1.30 bits per heavy atom. The number of aliphatic hydroxyl groups excluding tert-OH is 1. The van der Waals surface area contributed by atoms with Crippen molar-refractivity contribution < 1.29 is 9.90 Å². The van der Waals surface area contributed by atoms with Crippen LogP contribution in [0.1, 0.15) is 5.56 Å². The number of benzene rings is 1. The molecule has 0 fully saturated rings. The Kier molecular flexibility index (Phi) is 4.62. The fourth-order valence-corrected chi connectivity index (χ4v) is 1.72. The zero-order valence-corrected chi connectivity index (χ0v) is 11.2. The third-order valence-electron chi connectivity index (χ3n) is 2.67. The minimum atomic E-state index is -0.171. The highest BCUT2D eigenvalue weighted by Gasteiger charge is 2.09. The van der Waals surface area contributed by atoms with Crippen molar-refractivity contribution in [2.24, 2.45) is 0 Å². The number of carbonyl (C=O) groups is 1. The fraction of sp³-hybridized carbons (Fsp3) is 0.214. The Labute approximate surface area is 117 Å². The molecule has 1 aromatic carbocycles. The zero-order valence-electron chi connectivity index (χ0n) is 11.2. The highest BCUT2D eigenvalue weighted by Crippen LogP contribution is 2.11. The maximum Gasteiger partial charge on any atom is 0.243 e. The predicted molar refractivity (Wildman–Crippen MR) is 76.3 cm³/mol. The van der Waals surface area contributed by atoms with E-state index in [1.807, 2.05) is 0 Å². The van der Waals surface area contributed by atoms with Gasteiger partial charge in [0.1, 0.15) is 0 Å². The smallest absolute Gasteiger partial charge is 0.243 e. The molecule has 0 aliphatic carbocycles. The van der Waals surface area contributed by atoms with E-state index in [-0.39, 0.29) is 19.1 Å². The van der Waals surface area contributed by atoms with E-state index in [4.69, 9.17) is 5.11 Å². The predicted octanol–water partition coefficient (Wildman–Crippen LogP) is 1.04. The molecule has 2 rings (SSSR count). The third-order valence-corrected chi connectivity index (χ3v) is 2.67. The molecular weight excluding hydrogens is 256 g/mol. The summed E-state index contributed by atoms with van der Waals surface area (Å²) in [6.45, 7) is 0.0921. The number of aromatic nitrogens is 2. The van der Waals surface area contributed by atoms with E-state index in [9.17, 15) is 4.79 Å². The Hall–Kier alpha value is -2.47. The summed E-state index contributed by atoms with van der Waals surface area (Å²) in [6.07, 6.45) is 3.25. The molecule has 0 bridgehead atoms. The van der Waals surface area contributed by atoms with E-state index in [0.717, 1.165) is 5.56 Å². The quantitative estimate of drug-likeness (QED) is 0.850. The number of amides is 1. The number of aliphatic hydroxyl groups is 1. The fourth-order valence-electron chi connectivity index (χ4n) is 1.72. The van der Waals surface area contributed by atoms with E-state index in [2.05, 4.69) is 15.3 Å². The number of likely N-dealkylation sites (N-methyl/N-ethyl adjacent to an activating group) is 1. The first-order valence-electron chi connectivity index (χ1n) is 6.17. The summed E-state index contributed by atoms with van der Waals surface area (Å²) in [7, 11) is 1.75. The van der Waals surface area contributed by atoms with Crippen molar-refractivity contribution in [2.45, 2.75) is 6.61 Å². The molecule has 0 aliphatic heterocycles. The minimum Gasteiger partial charge on any atom is -0.392 e. The molecule has 2 aromatic rings. The van der Waals surface area contributed by atoms with Crippen LogP contribution in [0.2, 0.25) is 0 Å². The largest absolute Gasteiger partial charge is 0.392 e. The Morgan fingerprint density at radius 2 is 2.05 bits per heavy atom. The lowest BCUT2D eigenvalue weighted by Gasteiger charge is -2.16. The molecule has 6 heteroatoms. The molecule has 20 heavy (non-hydrogen) atoms. The van der Waals surface area contributed by atoms with Gasteiger partial charge in [-0.3, -0.25) is 4.79 Å². The summed E-state index contributed by atoms with van der Waals surface area (Å²) in [5, 5.41) is 11.8. The molecule has 1 amide bonds. The zero-order chi connectivity index (χ0) is 14.4. The van der Waals surface area contributed by atoms with E-state index >= 15 is 0 Å². The first kappa shape index (κ1) is 14.0. The first-order valence-corrected chi connectivity index (χ1v) is 6.17. The maximum atomic E-state index is 11.9. The Morgan fingerprint density at radius 3 is 2.75 bits per heavy atom. The SMILES string of the molecule is CN(CC(=O)Nc1cccc(CO)c1)c1ncccn1. The number of rotatable bonds is 5. The highest BCUT2D eigenvalue weighted by molar-refractivity contribution is 5.93. The summed E-state index contributed by atoms with van der Waals surface area (Å²) >= 11 is 0. The Bertz CT molecular complexity index is 574. The number of nitrogens with zero attached hydrogens (tertiary/aromatic N) is 3. The van der Waals surface area contributed by atoms with E-state index in [0.29, 0.717) is 11.6 Å². The van der Waals surface area contributed by atoms with Gasteiger partial charge in [-0.1, -0.05) is 12.1 Å². The molecule has 6 nitrogen and oxygen atoms in total. The van der Waals surface area contributed by atoms with Crippen LogP contribution in [0.3, 0.4) is 0 Å². The number of carbonyl (C=O) groups excluding carboxylic acids is 1. The summed E-state index contributed by atoms with van der Waals surface area (Å²) in [4.78, 5) is 21.7. The average Bonchev–Trinajstić information content (AvgIpc) is 2.48. The highest BCUT2D eigenvalue weighted by atomic mass is 16.3. The van der Waals surface area contributed by atoms with Gasteiger partial charge in [0.25, 0.3) is 0 Å². The summed E-state index contributed by atoms with van der Waals surface area (Å²) in [5.41, 5.74) is 1.41. The molecule has 0 unspecified atom stereocenters. The molecule has 0 saturated carbocycles. The number of hydrogen-bond donors (Lipinski definition) is 2. The second kappa shape index (κ2) is 6.63. The van der Waals surface area contributed by atoms with Gasteiger partial charge in [0.05, 0.1) is 13.2 Å². The molecule has 0 spiro atoms. The second-order valence-corrected chi connectivity index (χ2v) is 4.31. The van der Waals surface area contributed by atoms with E-state index < -0.39 is 0 Å². The molecule has 0 atom stereocenters. The van der Waals surface area contributed by atoms with Crippen LogP contribution in [0.5, 0.6) is 0 Å². The van der Waals surface area contributed by atoms with Crippen molar-refractivity contribution in [3.63, 3.8) is 0 Å². The van der Waals surface area contributed by atoms with Gasteiger partial charge in [0.2, 0.25) is 11.9 Å². The van der Waals surface area contributed by atoms with Crippen molar-refractivity contribution in [1.29, 1.82) is 0 Å². The van der Waals surface area contributed by atoms with Crippen molar-refractivity contribution in [1.82, 2.24) is 9.97 Å². The molecule has 1 aromatic heterocycles. The van der Waals surface area contributed by atoms with Gasteiger partial charge in [-0.05, 0) is 23.8 Å². The van der Waals surface area contributed by atoms with Gasteiger partial charge >= 0.3 is 0 Å². The van der Waals surface area contributed by atoms with Crippen LogP contribution >= 0.6 is 0 Å². The van der Waals surface area contributed by atoms with Crippen LogP contribution in [-0.2, 0) is 11.4 Å². The van der Waals surface area contributed by atoms with Crippen LogP contribution in [0.15, 0.2) is 42.7 Å². The van der Waals surface area contributed by atoms with Gasteiger partial charge in [-0.2, -0.15) is 0 Å². The monoisotopic (exact) mass is 272 g/mol. The van der Waals surface area contributed by atoms with Crippen LogP contribution < -0.4 is 10.2 Å². The molecular formula is C14H16N4O2. The van der Waals surface area contributed by atoms with E-state index in [1.54, 1.807) is 54.7 Å². The maximum absolute atomic E-state index is 11.9. The average molecular weight is 272 g/mol. The van der Waals surface area contributed by atoms with Gasteiger partial charge in [-0.15, -0.1) is 0 Å². The van der Waals surface area contributed by atoms with Crippen LogP contribution in [0.25, 0.3) is 0 Å². The summed E-state index contributed by atoms with van der Waals surface area (Å²) < 4.78 is 0. The molecule has 1 heterocycles. The summed E-state index contributed by atoms with van der Waals surface area (Å²) in [5.74, 6) is 0.321. The van der Waals surface area contributed by atoms with Crippen LogP contribution in [0.4, 0.5) is 11.6 Å². The van der Waals surface area contributed by atoms with Crippen LogP contribution in [0, 0.1) is 0 Å². The lowest BCUT2D eigenvalue weighted by Crippen LogP contribution is -2.31. The minimum absolute atomic E-state index is 0.0541. The standard InChI is InChI=1S/C14H16N4O2/c1-18(14-15-6-3-7-16-14)9-13(20)17-12-5-2-4-11(8-12)10-19/h2-8,19H,9-10H2,1H3,(H,17,20). The van der Waals surface area contributed by atoms with Crippen molar-refractivity contribution in [2.75, 3.05) is 23.8 Å². The van der Waals surface area contributed by atoms with Gasteiger partial charge in [-0.25, -0.2) is 9.97 Å². The van der Waals surface area contributed by atoms with Crippen LogP contribution in [-0.4, -0.2) is 34.6 Å². The number of anilines is 2. The molecule has 104 valence electrons. The van der Waals surface area contributed by atoms with Crippen molar-refractivity contribution in [3.8, 4) is 0 Å². The first-order chi connectivity index (χ1) is 9.69. The molecule has 0 aliphatic rings. The van der Waals surface area contributed by atoms with E-state index in [1.165, 1.54) is 0 Å². The number of nitrogens with one attached hydrogen (secondary N) is 1. The molecule has 2 N–H and O–H groups in total. The normalized spacial score (nSPS) is 10.1. The van der Waals surface area contributed by atoms with Crippen molar-refractivity contribution >= 4 is 17.5 Å². The molecule has 0 radical (unpaired) electrons. The lowest BCUT2D eigenvalue weighted by atomic mass is 10.2. The number of hydrogen-bond acceptors (Lipinski definition) is 5. The Balaban J connectivity index is 1.95.